The standard InChI is InChI=1S/C21H19Cl3N2O4/c1-26(19(28)30-15-4-2-3-13(22)7-15)21-10-20(11-21,12-21)25-18(27)9-29-14-5-6-16(23)17(24)8-14/h2-8H,9-12H2,1H3,(H,25,27). The monoisotopic (exact) mass is 468 g/mol. The number of benzene rings is 2. The third-order valence-electron chi connectivity index (χ3n) is 5.65. The molecule has 0 atom stereocenters. The van der Waals surface area contributed by atoms with Crippen molar-refractivity contribution in [3.05, 3.63) is 57.5 Å². The van der Waals surface area contributed by atoms with Crippen LogP contribution in [-0.4, -0.2) is 41.6 Å². The van der Waals surface area contributed by atoms with Gasteiger partial charge in [-0.05, 0) is 49.6 Å². The van der Waals surface area contributed by atoms with E-state index in [9.17, 15) is 9.59 Å². The van der Waals surface area contributed by atoms with Gasteiger partial charge < -0.3 is 19.7 Å². The summed E-state index contributed by atoms with van der Waals surface area (Å²) in [6, 6.07) is 11.5. The van der Waals surface area contributed by atoms with Gasteiger partial charge in [0.1, 0.15) is 11.5 Å². The van der Waals surface area contributed by atoms with Crippen LogP contribution in [0.25, 0.3) is 0 Å². The van der Waals surface area contributed by atoms with Gasteiger partial charge in [0.05, 0.1) is 15.6 Å². The van der Waals surface area contributed by atoms with Crippen LogP contribution in [0.1, 0.15) is 19.3 Å². The van der Waals surface area contributed by atoms with Crippen molar-refractivity contribution in [3.8, 4) is 11.5 Å². The predicted octanol–water partition coefficient (Wildman–Crippen LogP) is 4.95. The molecule has 0 aromatic heterocycles. The molecule has 2 amide bonds. The first-order chi connectivity index (χ1) is 14.2. The molecule has 3 aliphatic rings. The molecule has 2 aromatic rings. The summed E-state index contributed by atoms with van der Waals surface area (Å²) in [5, 5.41) is 4.30. The maximum Gasteiger partial charge on any atom is 0.415 e. The van der Waals surface area contributed by atoms with Gasteiger partial charge in [-0.1, -0.05) is 40.9 Å². The van der Waals surface area contributed by atoms with Gasteiger partial charge in [-0.25, -0.2) is 4.79 Å². The number of rotatable bonds is 6. The van der Waals surface area contributed by atoms with Gasteiger partial charge in [0.15, 0.2) is 6.61 Å². The fraction of sp³-hybridized carbons (Fsp3) is 0.333. The van der Waals surface area contributed by atoms with Crippen molar-refractivity contribution in [2.24, 2.45) is 0 Å². The van der Waals surface area contributed by atoms with Crippen LogP contribution < -0.4 is 14.8 Å². The number of nitrogens with zero attached hydrogens (tertiary/aromatic N) is 1. The number of carbonyl (C=O) groups excluding carboxylic acids is 2. The van der Waals surface area contributed by atoms with Crippen LogP contribution >= 0.6 is 34.8 Å². The molecule has 5 rings (SSSR count). The zero-order valence-corrected chi connectivity index (χ0v) is 18.4. The summed E-state index contributed by atoms with van der Waals surface area (Å²) >= 11 is 17.7. The number of hydrogen-bond acceptors (Lipinski definition) is 4. The summed E-state index contributed by atoms with van der Waals surface area (Å²) in [5.41, 5.74) is -0.573. The average molecular weight is 470 g/mol. The molecular weight excluding hydrogens is 451 g/mol. The van der Waals surface area contributed by atoms with E-state index >= 15 is 0 Å². The van der Waals surface area contributed by atoms with Crippen LogP contribution in [-0.2, 0) is 4.79 Å². The summed E-state index contributed by atoms with van der Waals surface area (Å²) in [7, 11) is 1.71. The summed E-state index contributed by atoms with van der Waals surface area (Å²) in [6.45, 7) is -0.126. The van der Waals surface area contributed by atoms with E-state index in [0.29, 0.717) is 45.8 Å². The Morgan fingerprint density at radius 2 is 1.77 bits per heavy atom. The van der Waals surface area contributed by atoms with Crippen LogP contribution in [0.15, 0.2) is 42.5 Å². The molecule has 3 fully saturated rings. The highest BCUT2D eigenvalue weighted by atomic mass is 35.5. The molecule has 0 saturated heterocycles. The molecule has 0 heterocycles. The molecule has 30 heavy (non-hydrogen) atoms. The molecule has 9 heteroatoms. The molecule has 3 aliphatic carbocycles. The summed E-state index contributed by atoms with van der Waals surface area (Å²) in [6.07, 6.45) is 1.60. The Morgan fingerprint density at radius 3 is 2.43 bits per heavy atom. The van der Waals surface area contributed by atoms with Gasteiger partial charge in [0.2, 0.25) is 0 Å². The van der Waals surface area contributed by atoms with Crippen LogP contribution in [0, 0.1) is 0 Å². The third kappa shape index (κ3) is 4.04. The molecular formula is C21H19Cl3N2O4. The van der Waals surface area contributed by atoms with Gasteiger partial charge >= 0.3 is 6.09 Å². The van der Waals surface area contributed by atoms with E-state index in [1.165, 1.54) is 0 Å². The van der Waals surface area contributed by atoms with E-state index in [1.54, 1.807) is 54.4 Å². The minimum atomic E-state index is -0.445. The first-order valence-electron chi connectivity index (χ1n) is 9.30. The second-order valence-corrected chi connectivity index (χ2v) is 9.08. The van der Waals surface area contributed by atoms with E-state index in [1.807, 2.05) is 0 Å². The zero-order valence-electron chi connectivity index (χ0n) is 16.1. The van der Waals surface area contributed by atoms with Crippen LogP contribution in [0.5, 0.6) is 11.5 Å². The molecule has 0 unspecified atom stereocenters. The Bertz CT molecular complexity index is 994. The largest absolute Gasteiger partial charge is 0.484 e. The number of nitrogens with one attached hydrogen (secondary N) is 1. The van der Waals surface area contributed by atoms with E-state index in [4.69, 9.17) is 44.3 Å². The lowest BCUT2D eigenvalue weighted by Crippen LogP contribution is -2.84. The Hall–Kier alpha value is -2.15. The number of halogens is 3. The second-order valence-electron chi connectivity index (χ2n) is 7.83. The maximum absolute atomic E-state index is 12.5. The molecule has 0 radical (unpaired) electrons. The Kier molecular flexibility index (Phi) is 5.51. The van der Waals surface area contributed by atoms with Crippen molar-refractivity contribution in [2.45, 2.75) is 30.3 Å². The van der Waals surface area contributed by atoms with Gasteiger partial charge in [-0.2, -0.15) is 0 Å². The van der Waals surface area contributed by atoms with Gasteiger partial charge in [-0.15, -0.1) is 0 Å². The topological polar surface area (TPSA) is 67.9 Å². The van der Waals surface area contributed by atoms with Crippen molar-refractivity contribution in [1.29, 1.82) is 0 Å². The lowest BCUT2D eigenvalue weighted by Gasteiger charge is -2.72. The van der Waals surface area contributed by atoms with Crippen molar-refractivity contribution < 1.29 is 19.1 Å². The highest BCUT2D eigenvalue weighted by Gasteiger charge is 2.71. The second kappa shape index (κ2) is 7.84. The van der Waals surface area contributed by atoms with Crippen molar-refractivity contribution in [1.82, 2.24) is 10.2 Å². The fourth-order valence-corrected chi connectivity index (χ4v) is 4.63. The zero-order chi connectivity index (χ0) is 21.5. The Labute approximate surface area is 189 Å². The summed E-state index contributed by atoms with van der Waals surface area (Å²) in [5.74, 6) is 0.643. The summed E-state index contributed by atoms with van der Waals surface area (Å²) in [4.78, 5) is 26.3. The van der Waals surface area contributed by atoms with E-state index in [0.717, 1.165) is 0 Å². The number of carbonyl (C=O) groups is 2. The van der Waals surface area contributed by atoms with Gasteiger partial charge in [0.25, 0.3) is 5.91 Å². The molecule has 1 N–H and O–H groups in total. The average Bonchev–Trinajstić information content (AvgIpc) is 2.64. The van der Waals surface area contributed by atoms with E-state index in [2.05, 4.69) is 5.32 Å². The smallest absolute Gasteiger partial charge is 0.415 e. The number of ether oxygens (including phenoxy) is 2. The normalized spacial score (nSPS) is 23.6. The SMILES string of the molecule is CN(C(=O)Oc1cccc(Cl)c1)C12CC(NC(=O)COc3ccc(Cl)c(Cl)c3)(C1)C2. The first-order valence-corrected chi connectivity index (χ1v) is 10.4. The molecule has 0 aliphatic heterocycles. The summed E-state index contributed by atoms with van der Waals surface area (Å²) < 4.78 is 10.9. The lowest BCUT2D eigenvalue weighted by molar-refractivity contribution is -0.166. The molecule has 0 spiro atoms. The van der Waals surface area contributed by atoms with Crippen molar-refractivity contribution in [2.75, 3.05) is 13.7 Å². The predicted molar refractivity (Wildman–Crippen MR) is 115 cm³/mol. The molecule has 3 saturated carbocycles. The van der Waals surface area contributed by atoms with Gasteiger partial charge in [0, 0.05) is 23.7 Å². The Morgan fingerprint density at radius 1 is 1.03 bits per heavy atom. The van der Waals surface area contributed by atoms with E-state index < -0.39 is 6.09 Å². The van der Waals surface area contributed by atoms with Gasteiger partial charge in [-0.3, -0.25) is 4.79 Å². The Balaban J connectivity index is 1.25. The minimum absolute atomic E-state index is 0.126. The fourth-order valence-electron chi connectivity index (χ4n) is 4.16. The van der Waals surface area contributed by atoms with Crippen LogP contribution in [0.2, 0.25) is 15.1 Å². The molecule has 2 bridgehead atoms. The highest BCUT2D eigenvalue weighted by Crippen LogP contribution is 2.63. The van der Waals surface area contributed by atoms with Crippen molar-refractivity contribution in [3.63, 3.8) is 0 Å². The van der Waals surface area contributed by atoms with E-state index in [-0.39, 0.29) is 23.6 Å². The lowest BCUT2D eigenvalue weighted by atomic mass is 9.43. The maximum atomic E-state index is 12.5. The van der Waals surface area contributed by atoms with Crippen LogP contribution in [0.4, 0.5) is 4.79 Å². The third-order valence-corrected chi connectivity index (χ3v) is 6.63. The molecule has 2 aromatic carbocycles. The quantitative estimate of drug-likeness (QED) is 0.650. The molecule has 158 valence electrons. The van der Waals surface area contributed by atoms with Crippen LogP contribution in [0.3, 0.4) is 0 Å². The number of hydrogen-bond donors (Lipinski definition) is 1. The number of amides is 2. The minimum Gasteiger partial charge on any atom is -0.484 e. The highest BCUT2D eigenvalue weighted by molar-refractivity contribution is 6.42. The first kappa shape index (κ1) is 21.1. The van der Waals surface area contributed by atoms with Crippen molar-refractivity contribution >= 4 is 46.8 Å². The molecule has 6 nitrogen and oxygen atoms in total.